The molecule has 0 saturated heterocycles. The second-order valence-corrected chi connectivity index (χ2v) is 13.4. The highest BCUT2D eigenvalue weighted by molar-refractivity contribution is 5.95. The number of alkyl carbamates (subject to hydrolysis) is 1. The third-order valence-corrected chi connectivity index (χ3v) is 7.04. The first-order valence-electron chi connectivity index (χ1n) is 15.3. The third kappa shape index (κ3) is 11.3. The van der Waals surface area contributed by atoms with Gasteiger partial charge in [-0.3, -0.25) is 14.5 Å². The second kappa shape index (κ2) is 15.6. The Balaban J connectivity index is 2.60. The van der Waals surface area contributed by atoms with Gasteiger partial charge in [-0.2, -0.15) is 0 Å². The summed E-state index contributed by atoms with van der Waals surface area (Å²) in [6, 6.07) is 13.6. The molecule has 0 heterocycles. The van der Waals surface area contributed by atoms with Gasteiger partial charge in [0.1, 0.15) is 29.3 Å². The first kappa shape index (κ1) is 36.9. The Hall–Kier alpha value is -4.32. The zero-order valence-corrected chi connectivity index (χ0v) is 28.3. The van der Waals surface area contributed by atoms with Crippen molar-refractivity contribution >= 4 is 23.9 Å². The van der Waals surface area contributed by atoms with Gasteiger partial charge >= 0.3 is 12.1 Å². The summed E-state index contributed by atoms with van der Waals surface area (Å²) in [4.78, 5) is 55.7. The van der Waals surface area contributed by atoms with Crippen molar-refractivity contribution in [3.63, 3.8) is 0 Å². The van der Waals surface area contributed by atoms with Gasteiger partial charge in [0.25, 0.3) is 5.91 Å². The summed E-state index contributed by atoms with van der Waals surface area (Å²) in [5, 5.41) is 5.51. The number of benzene rings is 2. The van der Waals surface area contributed by atoms with Crippen LogP contribution in [-0.2, 0) is 30.3 Å². The summed E-state index contributed by atoms with van der Waals surface area (Å²) in [6.45, 7) is 17.8. The lowest BCUT2D eigenvalue weighted by Gasteiger charge is -2.34. The fourth-order valence-corrected chi connectivity index (χ4v) is 4.73. The summed E-state index contributed by atoms with van der Waals surface area (Å²) in [6.07, 6.45) is 5.88. The van der Waals surface area contributed by atoms with Crippen LogP contribution in [0.2, 0.25) is 0 Å². The Morgan fingerprint density at radius 1 is 0.911 bits per heavy atom. The predicted molar refractivity (Wildman–Crippen MR) is 175 cm³/mol. The molecule has 0 radical (unpaired) electrons. The number of hydrogen-bond acceptors (Lipinski definition) is 6. The van der Waals surface area contributed by atoms with Gasteiger partial charge in [-0.1, -0.05) is 80.8 Å². The van der Waals surface area contributed by atoms with E-state index in [0.717, 1.165) is 21.6 Å². The lowest BCUT2D eigenvalue weighted by atomic mass is 9.94. The predicted octanol–water partition coefficient (Wildman–Crippen LogP) is 5.77. The van der Waals surface area contributed by atoms with Crippen LogP contribution in [0.3, 0.4) is 0 Å². The molecule has 45 heavy (non-hydrogen) atoms. The molecular formula is C36H49N3O6. The van der Waals surface area contributed by atoms with Gasteiger partial charge in [-0.25, -0.2) is 9.59 Å². The van der Waals surface area contributed by atoms with Crippen LogP contribution in [0, 0.1) is 32.2 Å². The number of ether oxygens (including phenoxy) is 2. The maximum atomic E-state index is 14.3. The van der Waals surface area contributed by atoms with E-state index < -0.39 is 53.2 Å². The highest BCUT2D eigenvalue weighted by atomic mass is 16.6. The van der Waals surface area contributed by atoms with Crippen LogP contribution in [-0.4, -0.2) is 52.1 Å². The minimum Gasteiger partial charge on any atom is -0.458 e. The molecular weight excluding hydrogens is 570 g/mol. The minimum atomic E-state index is -1.32. The molecule has 0 aliphatic rings. The molecule has 0 saturated carbocycles. The molecule has 0 spiro atoms. The van der Waals surface area contributed by atoms with Crippen LogP contribution in [0.5, 0.6) is 0 Å². The van der Waals surface area contributed by atoms with E-state index in [0.29, 0.717) is 12.0 Å². The summed E-state index contributed by atoms with van der Waals surface area (Å²) < 4.78 is 11.1. The van der Waals surface area contributed by atoms with Crippen LogP contribution in [0.4, 0.5) is 4.79 Å². The van der Waals surface area contributed by atoms with Gasteiger partial charge in [-0.15, -0.1) is 0 Å². The minimum absolute atomic E-state index is 0.154. The van der Waals surface area contributed by atoms with Crippen LogP contribution < -0.4 is 10.6 Å². The standard InChI is InChI=1S/C36H49N3O6/c1-12-24(4)29(38-34(43)45-36(9,10)11)32(41)39(13-2)30(27-20-19-23(3)21-25(27)5)31(40)37-28(33(42)44-35(6,7)8)22-26-17-15-14-16-18-26/h2,14-21,24,28-30H,12,22H2,1,3-11H3,(H,37,40)(H,38,43). The topological polar surface area (TPSA) is 114 Å². The Morgan fingerprint density at radius 3 is 2.02 bits per heavy atom. The van der Waals surface area contributed by atoms with Gasteiger partial charge in [-0.05, 0) is 78.0 Å². The quantitative estimate of drug-likeness (QED) is 0.188. The summed E-state index contributed by atoms with van der Waals surface area (Å²) in [5.74, 6) is -2.30. The molecule has 0 aliphatic carbocycles. The van der Waals surface area contributed by atoms with Crippen LogP contribution in [0.25, 0.3) is 0 Å². The molecule has 2 rings (SSSR count). The van der Waals surface area contributed by atoms with Crippen molar-refractivity contribution in [2.45, 2.75) is 111 Å². The maximum Gasteiger partial charge on any atom is 0.408 e. The van der Waals surface area contributed by atoms with Gasteiger partial charge in [0.15, 0.2) is 0 Å². The largest absolute Gasteiger partial charge is 0.458 e. The van der Waals surface area contributed by atoms with Crippen molar-refractivity contribution < 1.29 is 28.7 Å². The van der Waals surface area contributed by atoms with Crippen molar-refractivity contribution in [2.75, 3.05) is 0 Å². The first-order valence-corrected chi connectivity index (χ1v) is 15.3. The Bertz CT molecular complexity index is 1380. The maximum absolute atomic E-state index is 14.3. The fraction of sp³-hybridized carbons (Fsp3) is 0.500. The lowest BCUT2D eigenvalue weighted by Crippen LogP contribution is -2.55. The molecule has 0 fully saturated rings. The van der Waals surface area contributed by atoms with Crippen molar-refractivity contribution in [3.8, 4) is 12.5 Å². The average molecular weight is 620 g/mol. The molecule has 9 heteroatoms. The first-order chi connectivity index (χ1) is 20.9. The third-order valence-electron chi connectivity index (χ3n) is 7.04. The Kier molecular flexibility index (Phi) is 12.8. The van der Waals surface area contributed by atoms with E-state index in [1.54, 1.807) is 54.5 Å². The highest BCUT2D eigenvalue weighted by Crippen LogP contribution is 2.28. The molecule has 0 bridgehead atoms. The molecule has 9 nitrogen and oxygen atoms in total. The number of esters is 1. The van der Waals surface area contributed by atoms with E-state index in [9.17, 15) is 19.2 Å². The van der Waals surface area contributed by atoms with E-state index >= 15 is 0 Å². The fourth-order valence-electron chi connectivity index (χ4n) is 4.73. The molecule has 0 aromatic heterocycles. The number of carbonyl (C=O) groups excluding carboxylic acids is 4. The molecule has 2 aromatic rings. The molecule has 244 valence electrons. The van der Waals surface area contributed by atoms with Crippen LogP contribution >= 0.6 is 0 Å². The van der Waals surface area contributed by atoms with Gasteiger partial charge < -0.3 is 20.1 Å². The normalized spacial score (nSPS) is 14.2. The van der Waals surface area contributed by atoms with Gasteiger partial charge in [0.2, 0.25) is 5.91 Å². The number of amides is 3. The van der Waals surface area contributed by atoms with Crippen molar-refractivity contribution in [2.24, 2.45) is 5.92 Å². The number of carbonyl (C=O) groups is 4. The number of rotatable bonds is 11. The molecule has 4 unspecified atom stereocenters. The summed E-state index contributed by atoms with van der Waals surface area (Å²) in [7, 11) is 0. The van der Waals surface area contributed by atoms with E-state index in [-0.39, 0.29) is 12.3 Å². The van der Waals surface area contributed by atoms with Gasteiger partial charge in [0, 0.05) is 12.5 Å². The van der Waals surface area contributed by atoms with E-state index in [1.807, 2.05) is 63.2 Å². The molecule has 3 amide bonds. The number of nitrogens with one attached hydrogen (secondary N) is 2. The monoisotopic (exact) mass is 619 g/mol. The smallest absolute Gasteiger partial charge is 0.408 e. The zero-order valence-electron chi connectivity index (χ0n) is 28.3. The lowest BCUT2D eigenvalue weighted by molar-refractivity contribution is -0.159. The van der Waals surface area contributed by atoms with Crippen molar-refractivity contribution in [1.82, 2.24) is 15.5 Å². The number of nitrogens with zero attached hydrogens (tertiary/aromatic N) is 1. The Labute approximate surface area is 268 Å². The SMILES string of the molecule is C#CN(C(=O)C(NC(=O)OC(C)(C)C)C(C)CC)C(C(=O)NC(Cc1ccccc1)C(=O)OC(C)(C)C)c1ccc(C)cc1C. The zero-order chi connectivity index (χ0) is 34.1. The molecule has 2 N–H and O–H groups in total. The number of aryl methyl sites for hydroxylation is 2. The van der Waals surface area contributed by atoms with E-state index in [4.69, 9.17) is 15.9 Å². The average Bonchev–Trinajstić information content (AvgIpc) is 2.92. The van der Waals surface area contributed by atoms with Crippen LogP contribution in [0.1, 0.15) is 90.1 Å². The van der Waals surface area contributed by atoms with E-state index in [1.165, 1.54) is 0 Å². The second-order valence-electron chi connectivity index (χ2n) is 13.4. The van der Waals surface area contributed by atoms with E-state index in [2.05, 4.69) is 16.7 Å². The number of hydrogen-bond donors (Lipinski definition) is 2. The van der Waals surface area contributed by atoms with Crippen LogP contribution in [0.15, 0.2) is 48.5 Å². The molecule has 2 aromatic carbocycles. The van der Waals surface area contributed by atoms with Crippen molar-refractivity contribution in [1.29, 1.82) is 0 Å². The summed E-state index contributed by atoms with van der Waals surface area (Å²) >= 11 is 0. The van der Waals surface area contributed by atoms with Crippen molar-refractivity contribution in [3.05, 3.63) is 70.8 Å². The summed E-state index contributed by atoms with van der Waals surface area (Å²) in [5.41, 5.74) is 1.36. The Morgan fingerprint density at radius 2 is 1.51 bits per heavy atom. The highest BCUT2D eigenvalue weighted by Gasteiger charge is 2.40. The molecule has 0 aliphatic heterocycles. The van der Waals surface area contributed by atoms with Gasteiger partial charge in [0.05, 0.1) is 0 Å². The molecule has 4 atom stereocenters. The number of terminal acetylenes is 1.